The number of ketones is 1. The quantitative estimate of drug-likeness (QED) is 0.651. The molecule has 2 rings (SSSR count). The maximum atomic E-state index is 11.2. The molecule has 0 aromatic heterocycles. The number of Topliss-reactive ketones (excluding diaryl/α,β-unsaturated/α-hetero) is 1. The van der Waals surface area contributed by atoms with Gasteiger partial charge in [-0.25, -0.2) is 0 Å². The van der Waals surface area contributed by atoms with Crippen LogP contribution in [0.2, 0.25) is 5.02 Å². The van der Waals surface area contributed by atoms with Gasteiger partial charge in [-0.1, -0.05) is 17.7 Å². The van der Waals surface area contributed by atoms with Gasteiger partial charge in [0.25, 0.3) is 0 Å². The molecule has 2 aromatic carbocycles. The van der Waals surface area contributed by atoms with Gasteiger partial charge in [-0.15, -0.1) is 0 Å². The van der Waals surface area contributed by atoms with Crippen molar-refractivity contribution in [2.45, 2.75) is 6.92 Å². The third-order valence-electron chi connectivity index (χ3n) is 2.61. The summed E-state index contributed by atoms with van der Waals surface area (Å²) in [7, 11) is 0. The van der Waals surface area contributed by atoms with Crippen LogP contribution in [-0.2, 0) is 0 Å². The van der Waals surface area contributed by atoms with Gasteiger partial charge in [0.05, 0.1) is 16.4 Å². The fourth-order valence-electron chi connectivity index (χ4n) is 1.61. The normalized spacial score (nSPS) is 10.1. The van der Waals surface area contributed by atoms with Gasteiger partial charge in [-0.05, 0) is 43.3 Å². The number of para-hydroxylation sites is 1. The number of hydrogen-bond donors (Lipinski definition) is 2. The van der Waals surface area contributed by atoms with E-state index in [0.29, 0.717) is 22.0 Å². The average Bonchev–Trinajstić information content (AvgIpc) is 2.34. The standard InChI is InChI=1S/C14H13ClN2O/c1-9(18)10-5-7-11(8-6-10)17-14-12(15)3-2-4-13(14)16/h2-8,17H,16H2,1H3. The molecule has 0 saturated carbocycles. The molecule has 92 valence electrons. The van der Waals surface area contributed by atoms with E-state index in [1.165, 1.54) is 6.92 Å². The van der Waals surface area contributed by atoms with Crippen LogP contribution >= 0.6 is 11.6 Å². The zero-order valence-electron chi connectivity index (χ0n) is 9.91. The molecule has 0 aliphatic heterocycles. The summed E-state index contributed by atoms with van der Waals surface area (Å²) in [5.41, 5.74) is 8.61. The van der Waals surface area contributed by atoms with Gasteiger partial charge in [-0.3, -0.25) is 4.79 Å². The zero-order chi connectivity index (χ0) is 13.1. The molecule has 2 aromatic rings. The first-order valence-corrected chi connectivity index (χ1v) is 5.88. The molecule has 3 nitrogen and oxygen atoms in total. The van der Waals surface area contributed by atoms with Crippen molar-refractivity contribution in [3.63, 3.8) is 0 Å². The second-order valence-electron chi connectivity index (χ2n) is 3.96. The number of hydrogen-bond acceptors (Lipinski definition) is 3. The van der Waals surface area contributed by atoms with Crippen LogP contribution in [0.1, 0.15) is 17.3 Å². The van der Waals surface area contributed by atoms with Crippen LogP contribution in [0, 0.1) is 0 Å². The minimum absolute atomic E-state index is 0.0406. The Morgan fingerprint density at radius 3 is 2.39 bits per heavy atom. The Labute approximate surface area is 111 Å². The maximum Gasteiger partial charge on any atom is 0.159 e. The molecular weight excluding hydrogens is 248 g/mol. The molecular formula is C14H13ClN2O. The van der Waals surface area contributed by atoms with E-state index in [4.69, 9.17) is 17.3 Å². The van der Waals surface area contributed by atoms with E-state index in [2.05, 4.69) is 5.32 Å². The van der Waals surface area contributed by atoms with E-state index >= 15 is 0 Å². The third kappa shape index (κ3) is 2.63. The predicted octanol–water partition coefficient (Wildman–Crippen LogP) is 3.87. The number of benzene rings is 2. The number of nitrogens with one attached hydrogen (secondary N) is 1. The molecule has 4 heteroatoms. The second kappa shape index (κ2) is 5.10. The first kappa shape index (κ1) is 12.5. The zero-order valence-corrected chi connectivity index (χ0v) is 10.7. The van der Waals surface area contributed by atoms with Crippen molar-refractivity contribution < 1.29 is 4.79 Å². The Morgan fingerprint density at radius 2 is 1.83 bits per heavy atom. The Hall–Kier alpha value is -2.00. The van der Waals surface area contributed by atoms with Gasteiger partial charge in [0, 0.05) is 11.3 Å². The number of nitrogen functional groups attached to an aromatic ring is 1. The molecule has 18 heavy (non-hydrogen) atoms. The minimum Gasteiger partial charge on any atom is -0.397 e. The van der Waals surface area contributed by atoms with Crippen LogP contribution in [0.15, 0.2) is 42.5 Å². The van der Waals surface area contributed by atoms with Crippen LogP contribution in [0.4, 0.5) is 17.1 Å². The molecule has 0 saturated heterocycles. The van der Waals surface area contributed by atoms with Crippen LogP contribution in [0.3, 0.4) is 0 Å². The average molecular weight is 261 g/mol. The number of anilines is 3. The van der Waals surface area contributed by atoms with E-state index in [1.54, 1.807) is 30.3 Å². The number of nitrogens with two attached hydrogens (primary N) is 1. The Balaban J connectivity index is 2.26. The van der Waals surface area contributed by atoms with Gasteiger partial charge in [0.15, 0.2) is 5.78 Å². The van der Waals surface area contributed by atoms with Crippen molar-refractivity contribution >= 4 is 34.4 Å². The third-order valence-corrected chi connectivity index (χ3v) is 2.92. The van der Waals surface area contributed by atoms with Crippen LogP contribution in [0.5, 0.6) is 0 Å². The highest BCUT2D eigenvalue weighted by atomic mass is 35.5. The Bertz CT molecular complexity index is 559. The highest BCUT2D eigenvalue weighted by Gasteiger charge is 2.05. The molecule has 0 bridgehead atoms. The molecule has 0 amide bonds. The number of carbonyl (C=O) groups is 1. The fraction of sp³-hybridized carbons (Fsp3) is 0.0714. The summed E-state index contributed by atoms with van der Waals surface area (Å²) in [6.45, 7) is 1.54. The number of rotatable bonds is 3. The first-order valence-electron chi connectivity index (χ1n) is 5.50. The van der Waals surface area contributed by atoms with Crippen molar-refractivity contribution in [3.05, 3.63) is 53.1 Å². The van der Waals surface area contributed by atoms with E-state index in [1.807, 2.05) is 12.1 Å². The molecule has 0 atom stereocenters. The number of carbonyl (C=O) groups excluding carboxylic acids is 1. The van der Waals surface area contributed by atoms with E-state index in [0.717, 1.165) is 5.69 Å². The lowest BCUT2D eigenvalue weighted by Gasteiger charge is -2.11. The lowest BCUT2D eigenvalue weighted by molar-refractivity contribution is 0.101. The van der Waals surface area contributed by atoms with Crippen LogP contribution in [-0.4, -0.2) is 5.78 Å². The summed E-state index contributed by atoms with van der Waals surface area (Å²) >= 11 is 6.06. The molecule has 0 aliphatic rings. The van der Waals surface area contributed by atoms with Gasteiger partial charge >= 0.3 is 0 Å². The molecule has 0 heterocycles. The van der Waals surface area contributed by atoms with Crippen molar-refractivity contribution in [1.29, 1.82) is 0 Å². The number of halogens is 1. The molecule has 0 radical (unpaired) electrons. The summed E-state index contributed by atoms with van der Waals surface area (Å²) in [6, 6.07) is 12.5. The van der Waals surface area contributed by atoms with Gasteiger partial charge < -0.3 is 11.1 Å². The topological polar surface area (TPSA) is 55.1 Å². The molecule has 0 fully saturated rings. The lowest BCUT2D eigenvalue weighted by Crippen LogP contribution is -1.98. The predicted molar refractivity (Wildman–Crippen MR) is 75.6 cm³/mol. The highest BCUT2D eigenvalue weighted by molar-refractivity contribution is 6.34. The van der Waals surface area contributed by atoms with E-state index < -0.39 is 0 Å². The SMILES string of the molecule is CC(=O)c1ccc(Nc2c(N)cccc2Cl)cc1. The van der Waals surface area contributed by atoms with E-state index in [9.17, 15) is 4.79 Å². The largest absolute Gasteiger partial charge is 0.397 e. The van der Waals surface area contributed by atoms with Crippen molar-refractivity contribution in [1.82, 2.24) is 0 Å². The fourth-order valence-corrected chi connectivity index (χ4v) is 1.83. The summed E-state index contributed by atoms with van der Waals surface area (Å²) in [5.74, 6) is 0.0406. The van der Waals surface area contributed by atoms with Crippen LogP contribution < -0.4 is 11.1 Å². The van der Waals surface area contributed by atoms with Gasteiger partial charge in [0.1, 0.15) is 0 Å². The molecule has 0 aliphatic carbocycles. The summed E-state index contributed by atoms with van der Waals surface area (Å²) in [5, 5.41) is 3.70. The maximum absolute atomic E-state index is 11.2. The molecule has 0 spiro atoms. The molecule has 3 N–H and O–H groups in total. The van der Waals surface area contributed by atoms with E-state index in [-0.39, 0.29) is 5.78 Å². The van der Waals surface area contributed by atoms with Crippen molar-refractivity contribution in [3.8, 4) is 0 Å². The molecule has 0 unspecified atom stereocenters. The van der Waals surface area contributed by atoms with Gasteiger partial charge in [-0.2, -0.15) is 0 Å². The lowest BCUT2D eigenvalue weighted by atomic mass is 10.1. The van der Waals surface area contributed by atoms with Crippen LogP contribution in [0.25, 0.3) is 0 Å². The monoisotopic (exact) mass is 260 g/mol. The van der Waals surface area contributed by atoms with Crippen molar-refractivity contribution in [2.24, 2.45) is 0 Å². The Kier molecular flexibility index (Phi) is 3.53. The van der Waals surface area contributed by atoms with Gasteiger partial charge in [0.2, 0.25) is 0 Å². The second-order valence-corrected chi connectivity index (χ2v) is 4.37. The minimum atomic E-state index is 0.0406. The summed E-state index contributed by atoms with van der Waals surface area (Å²) < 4.78 is 0. The summed E-state index contributed by atoms with van der Waals surface area (Å²) in [6.07, 6.45) is 0. The summed E-state index contributed by atoms with van der Waals surface area (Å²) in [4.78, 5) is 11.2. The van der Waals surface area contributed by atoms with Crippen molar-refractivity contribution in [2.75, 3.05) is 11.1 Å². The highest BCUT2D eigenvalue weighted by Crippen LogP contribution is 2.30. The first-order chi connectivity index (χ1) is 8.58. The Morgan fingerprint density at radius 1 is 1.17 bits per heavy atom. The smallest absolute Gasteiger partial charge is 0.159 e.